The highest BCUT2D eigenvalue weighted by Crippen LogP contribution is 2.39. The number of rotatable bonds is 7. The van der Waals surface area contributed by atoms with Crippen molar-refractivity contribution in [2.75, 3.05) is 6.61 Å². The molecule has 1 rings (SSSR count). The third-order valence-corrected chi connectivity index (χ3v) is 10.7. The zero-order valence-electron chi connectivity index (χ0n) is 16.6. The largest absolute Gasteiger partial charge is 0.476 e. The molecule has 1 atom stereocenters. The fourth-order valence-corrected chi connectivity index (χ4v) is 3.50. The van der Waals surface area contributed by atoms with Crippen LogP contribution in [0.1, 0.15) is 67.7 Å². The Hall–Kier alpha value is 0.452. The van der Waals surface area contributed by atoms with Gasteiger partial charge in [-0.1, -0.05) is 27.2 Å². The van der Waals surface area contributed by atoms with Crippen LogP contribution in [-0.2, 0) is 13.7 Å². The highest BCUT2D eigenvalue weighted by molar-refractivity contribution is 6.74. The summed E-state index contributed by atoms with van der Waals surface area (Å²) in [6.07, 6.45) is 2.96. The van der Waals surface area contributed by atoms with Crippen molar-refractivity contribution >= 4 is 27.0 Å². The van der Waals surface area contributed by atoms with Gasteiger partial charge in [0.25, 0.3) is 0 Å². The molecule has 23 heavy (non-hydrogen) atoms. The predicted molar refractivity (Wildman–Crippen MR) is 103 cm³/mol. The number of hydrogen-bond acceptors (Lipinski definition) is 3. The molecule has 0 bridgehead atoms. The second-order valence-electron chi connectivity index (χ2n) is 9.25. The summed E-state index contributed by atoms with van der Waals surface area (Å²) in [6, 6.07) is 0. The minimum Gasteiger partial charge on any atom is -0.417 e. The van der Waals surface area contributed by atoms with Gasteiger partial charge in [-0.05, 0) is 58.7 Å². The first-order valence-electron chi connectivity index (χ1n) is 8.83. The maximum atomic E-state index is 6.50. The maximum Gasteiger partial charge on any atom is 0.476 e. The monoisotopic (exact) mass is 362 g/mol. The average molecular weight is 363 g/mol. The van der Waals surface area contributed by atoms with E-state index in [1.165, 1.54) is 0 Å². The molecular formula is C17H36BClO3Si. The van der Waals surface area contributed by atoms with E-state index in [1.807, 2.05) is 0 Å². The van der Waals surface area contributed by atoms with Gasteiger partial charge in [0.2, 0.25) is 0 Å². The van der Waals surface area contributed by atoms with E-state index in [4.69, 9.17) is 25.3 Å². The number of hydrogen-bond donors (Lipinski definition) is 0. The molecule has 0 N–H and O–H groups in total. The molecular weight excluding hydrogens is 327 g/mol. The quantitative estimate of drug-likeness (QED) is 0.344. The molecule has 1 saturated heterocycles. The van der Waals surface area contributed by atoms with Crippen molar-refractivity contribution in [1.82, 2.24) is 0 Å². The van der Waals surface area contributed by atoms with Gasteiger partial charge in [-0.25, -0.2) is 0 Å². The van der Waals surface area contributed by atoms with E-state index in [2.05, 4.69) is 61.6 Å². The van der Waals surface area contributed by atoms with Gasteiger partial charge in [-0.15, -0.1) is 11.6 Å². The van der Waals surface area contributed by atoms with Gasteiger partial charge < -0.3 is 13.7 Å². The van der Waals surface area contributed by atoms with Crippen molar-refractivity contribution in [2.24, 2.45) is 0 Å². The molecule has 1 fully saturated rings. The summed E-state index contributed by atoms with van der Waals surface area (Å²) in [7, 11) is -1.94. The summed E-state index contributed by atoms with van der Waals surface area (Å²) in [6.45, 7) is 20.5. The Labute approximate surface area is 150 Å². The van der Waals surface area contributed by atoms with E-state index >= 15 is 0 Å². The molecule has 0 aromatic heterocycles. The van der Waals surface area contributed by atoms with Crippen molar-refractivity contribution in [3.63, 3.8) is 0 Å². The minimum atomic E-state index is -1.63. The van der Waals surface area contributed by atoms with Gasteiger partial charge in [-0.2, -0.15) is 0 Å². The molecule has 6 heteroatoms. The first-order chi connectivity index (χ1) is 10.2. The van der Waals surface area contributed by atoms with Crippen LogP contribution in [0, 0.1) is 0 Å². The highest BCUT2D eigenvalue weighted by Gasteiger charge is 2.53. The molecule has 136 valence electrons. The molecule has 1 heterocycles. The molecule has 0 spiro atoms. The molecule has 0 saturated carbocycles. The van der Waals surface area contributed by atoms with Gasteiger partial charge in [0.15, 0.2) is 8.32 Å². The third-order valence-electron chi connectivity index (χ3n) is 5.71. The van der Waals surface area contributed by atoms with Gasteiger partial charge in [0, 0.05) is 6.61 Å². The van der Waals surface area contributed by atoms with Crippen LogP contribution >= 0.6 is 11.6 Å². The maximum absolute atomic E-state index is 6.50. The first-order valence-corrected chi connectivity index (χ1v) is 12.2. The van der Waals surface area contributed by atoms with Crippen LogP contribution in [0.4, 0.5) is 0 Å². The molecule has 0 radical (unpaired) electrons. The molecule has 0 aromatic rings. The van der Waals surface area contributed by atoms with Crippen LogP contribution in [0.2, 0.25) is 18.1 Å². The van der Waals surface area contributed by atoms with Gasteiger partial charge in [-0.3, -0.25) is 0 Å². The lowest BCUT2D eigenvalue weighted by Crippen LogP contribution is -2.41. The SMILES string of the molecule is CC1(C)OB(C(Cl)CCCCO[Si](C)(C)C(C)(C)C)OC1(C)C. The standard InChI is InChI=1S/C17H36BClO3Si/c1-15(2,3)23(8,9)20-13-11-10-12-14(19)18-21-16(4,5)17(6,7)22-18/h14H,10-13H2,1-9H3. The summed E-state index contributed by atoms with van der Waals surface area (Å²) >= 11 is 6.50. The van der Waals surface area contributed by atoms with E-state index in [-0.39, 0.29) is 28.6 Å². The van der Waals surface area contributed by atoms with Crippen molar-refractivity contribution in [3.8, 4) is 0 Å². The van der Waals surface area contributed by atoms with Crippen LogP contribution in [0.15, 0.2) is 0 Å². The van der Waals surface area contributed by atoms with Crippen molar-refractivity contribution < 1.29 is 13.7 Å². The second-order valence-corrected chi connectivity index (χ2v) is 14.6. The number of halogens is 1. The normalized spacial score (nSPS) is 22.4. The van der Waals surface area contributed by atoms with Crippen LogP contribution < -0.4 is 0 Å². The molecule has 0 aliphatic carbocycles. The molecule has 3 nitrogen and oxygen atoms in total. The van der Waals surface area contributed by atoms with Crippen molar-refractivity contribution in [1.29, 1.82) is 0 Å². The Morgan fingerprint density at radius 3 is 1.96 bits per heavy atom. The van der Waals surface area contributed by atoms with Gasteiger partial charge in [0.05, 0.1) is 16.5 Å². The molecule has 1 aliphatic heterocycles. The lowest BCUT2D eigenvalue weighted by atomic mass is 9.81. The molecule has 1 unspecified atom stereocenters. The van der Waals surface area contributed by atoms with E-state index in [1.54, 1.807) is 0 Å². The average Bonchev–Trinajstić information content (AvgIpc) is 2.56. The topological polar surface area (TPSA) is 27.7 Å². The Morgan fingerprint density at radius 1 is 1.04 bits per heavy atom. The Kier molecular flexibility index (Phi) is 6.88. The van der Waals surface area contributed by atoms with Crippen LogP contribution in [-0.4, -0.2) is 38.5 Å². The van der Waals surface area contributed by atoms with Crippen LogP contribution in [0.3, 0.4) is 0 Å². The summed E-state index contributed by atoms with van der Waals surface area (Å²) in [5, 5.41) is 0.161. The third kappa shape index (κ3) is 5.47. The predicted octanol–water partition coefficient (Wildman–Crippen LogP) is 5.42. The van der Waals surface area contributed by atoms with Crippen molar-refractivity contribution in [3.05, 3.63) is 0 Å². The van der Waals surface area contributed by atoms with Gasteiger partial charge >= 0.3 is 7.12 Å². The van der Waals surface area contributed by atoms with Crippen molar-refractivity contribution in [2.45, 2.75) is 102 Å². The summed E-state index contributed by atoms with van der Waals surface area (Å²) in [5.41, 5.74) is -0.619. The minimum absolute atomic E-state index is 0.107. The zero-order chi connectivity index (χ0) is 18.1. The Bertz CT molecular complexity index is 378. The zero-order valence-corrected chi connectivity index (χ0v) is 18.3. The highest BCUT2D eigenvalue weighted by atomic mass is 35.5. The second kappa shape index (κ2) is 7.37. The van der Waals surface area contributed by atoms with E-state index < -0.39 is 8.32 Å². The molecule has 1 aliphatic rings. The van der Waals surface area contributed by atoms with Crippen LogP contribution in [0.25, 0.3) is 0 Å². The summed E-state index contributed by atoms with van der Waals surface area (Å²) < 4.78 is 18.2. The lowest BCUT2D eigenvalue weighted by Gasteiger charge is -2.36. The first kappa shape index (κ1) is 21.5. The van der Waals surface area contributed by atoms with Crippen LogP contribution in [0.5, 0.6) is 0 Å². The molecule has 0 amide bonds. The Morgan fingerprint density at radius 2 is 1.52 bits per heavy atom. The fraction of sp³-hybridized carbons (Fsp3) is 1.00. The lowest BCUT2D eigenvalue weighted by molar-refractivity contribution is 0.00578. The van der Waals surface area contributed by atoms with E-state index in [0.717, 1.165) is 25.9 Å². The molecule has 0 aromatic carbocycles. The summed E-state index contributed by atoms with van der Waals surface area (Å²) in [4.78, 5) is 0. The Balaban J connectivity index is 2.30. The summed E-state index contributed by atoms with van der Waals surface area (Å²) in [5.74, 6) is 0. The van der Waals surface area contributed by atoms with Gasteiger partial charge in [0.1, 0.15) is 0 Å². The number of unbranched alkanes of at least 4 members (excludes halogenated alkanes) is 1. The van der Waals surface area contributed by atoms with E-state index in [9.17, 15) is 0 Å². The fourth-order valence-electron chi connectivity index (χ4n) is 2.16. The number of alkyl halides is 1. The van der Waals surface area contributed by atoms with E-state index in [0.29, 0.717) is 0 Å². The smallest absolute Gasteiger partial charge is 0.417 e.